The van der Waals surface area contributed by atoms with Crippen LogP contribution < -0.4 is 0 Å². The fourth-order valence-corrected chi connectivity index (χ4v) is 2.84. The lowest BCUT2D eigenvalue weighted by Crippen LogP contribution is -2.05. The molecule has 7 heteroatoms. The van der Waals surface area contributed by atoms with Crippen LogP contribution in [0.1, 0.15) is 23.8 Å². The van der Waals surface area contributed by atoms with E-state index in [1.807, 2.05) is 0 Å². The molecule has 0 saturated heterocycles. The number of carbonyl (C=O) groups excluding carboxylic acids is 1. The number of hydrogen-bond donors (Lipinski definition) is 0. The molecule has 3 nitrogen and oxygen atoms in total. The van der Waals surface area contributed by atoms with Gasteiger partial charge in [-0.15, -0.1) is 23.1 Å². The van der Waals surface area contributed by atoms with Crippen LogP contribution >= 0.6 is 23.1 Å². The molecule has 94 valence electrons. The zero-order chi connectivity index (χ0) is 12.7. The maximum absolute atomic E-state index is 11.8. The van der Waals surface area contributed by atoms with Gasteiger partial charge in [0.05, 0.1) is 16.3 Å². The minimum Gasteiger partial charge on any atom is -0.461 e. The Bertz CT molecular complexity index is 403. The molecule has 0 saturated carbocycles. The third-order valence-electron chi connectivity index (χ3n) is 1.65. The lowest BCUT2D eigenvalue weighted by molar-refractivity contribution is 0.0516. The van der Waals surface area contributed by atoms with Gasteiger partial charge in [-0.05, 0) is 19.4 Å². The normalized spacial score (nSPS) is 10.1. The largest absolute Gasteiger partial charge is 0.461 e. The predicted molar refractivity (Wildman–Crippen MR) is 63.7 cm³/mol. The van der Waals surface area contributed by atoms with Crippen LogP contribution in [0.5, 0.6) is 0 Å². The summed E-state index contributed by atoms with van der Waals surface area (Å²) in [5.41, 5.74) is 1.81. The van der Waals surface area contributed by atoms with Gasteiger partial charge in [0.25, 0.3) is 6.08 Å². The molecular weight excluding hydrogens is 268 g/mol. The second kappa shape index (κ2) is 7.39. The molecule has 17 heavy (non-hydrogen) atoms. The molecule has 0 atom stereocenters. The Labute approximate surface area is 106 Å². The first kappa shape index (κ1) is 14.1. The SMILES string of the molecule is CCOC(=O)c1ncsc1SCCC=C(F)F. The standard InChI is InChI=1S/C10H11F2NO2S2/c1-2-15-9(14)8-10(17-6-13-8)16-5-3-4-7(11)12/h4,6H,2-3,5H2,1H3. The lowest BCUT2D eigenvalue weighted by Gasteiger charge is -2.01. The Kier molecular flexibility index (Phi) is 6.13. The Morgan fingerprint density at radius 1 is 1.65 bits per heavy atom. The quantitative estimate of drug-likeness (QED) is 0.453. The zero-order valence-corrected chi connectivity index (χ0v) is 10.7. The van der Waals surface area contributed by atoms with E-state index >= 15 is 0 Å². The van der Waals surface area contributed by atoms with Gasteiger partial charge in [0.2, 0.25) is 0 Å². The number of esters is 1. The number of thiazole rings is 1. The molecule has 1 rings (SSSR count). The van der Waals surface area contributed by atoms with Crippen molar-refractivity contribution in [2.45, 2.75) is 17.6 Å². The summed E-state index contributed by atoms with van der Waals surface area (Å²) in [4.78, 5) is 15.4. The minimum atomic E-state index is -1.68. The van der Waals surface area contributed by atoms with E-state index in [-0.39, 0.29) is 18.7 Å². The maximum Gasteiger partial charge on any atom is 0.358 e. The van der Waals surface area contributed by atoms with E-state index in [0.29, 0.717) is 9.96 Å². The number of hydrogen-bond acceptors (Lipinski definition) is 5. The number of nitrogens with zero attached hydrogens (tertiary/aromatic N) is 1. The second-order valence-electron chi connectivity index (χ2n) is 2.84. The number of carbonyl (C=O) groups is 1. The van der Waals surface area contributed by atoms with Crippen LogP contribution in [0.2, 0.25) is 0 Å². The molecular formula is C10H11F2NO2S2. The molecule has 0 aliphatic heterocycles. The van der Waals surface area contributed by atoms with Crippen molar-refractivity contribution in [3.8, 4) is 0 Å². The van der Waals surface area contributed by atoms with Gasteiger partial charge in [0.1, 0.15) is 0 Å². The summed E-state index contributed by atoms with van der Waals surface area (Å²) >= 11 is 2.63. The van der Waals surface area contributed by atoms with E-state index in [1.165, 1.54) is 23.1 Å². The van der Waals surface area contributed by atoms with Gasteiger partial charge >= 0.3 is 5.97 Å². The highest BCUT2D eigenvalue weighted by Gasteiger charge is 2.15. The van der Waals surface area contributed by atoms with E-state index < -0.39 is 12.0 Å². The number of rotatable bonds is 6. The van der Waals surface area contributed by atoms with Crippen LogP contribution in [0, 0.1) is 0 Å². The van der Waals surface area contributed by atoms with Crippen molar-refractivity contribution in [3.05, 3.63) is 23.4 Å². The van der Waals surface area contributed by atoms with Gasteiger partial charge in [-0.2, -0.15) is 8.78 Å². The first-order valence-electron chi connectivity index (χ1n) is 4.89. The van der Waals surface area contributed by atoms with Crippen LogP contribution in [-0.2, 0) is 4.74 Å². The molecule has 0 fully saturated rings. The molecule has 0 amide bonds. The van der Waals surface area contributed by atoms with E-state index in [4.69, 9.17) is 4.74 Å². The molecule has 0 bridgehead atoms. The Morgan fingerprint density at radius 2 is 2.41 bits per heavy atom. The fourth-order valence-electron chi connectivity index (χ4n) is 0.993. The van der Waals surface area contributed by atoms with Crippen molar-refractivity contribution in [1.29, 1.82) is 0 Å². The molecule has 0 aromatic carbocycles. The second-order valence-corrected chi connectivity index (χ2v) is 5.06. The smallest absolute Gasteiger partial charge is 0.358 e. The summed E-state index contributed by atoms with van der Waals surface area (Å²) in [6.45, 7) is 2.00. The topological polar surface area (TPSA) is 39.2 Å². The molecule has 0 N–H and O–H groups in total. The van der Waals surface area contributed by atoms with Crippen molar-refractivity contribution >= 4 is 29.1 Å². The Balaban J connectivity index is 2.51. The predicted octanol–water partition coefficient (Wildman–Crippen LogP) is 3.58. The van der Waals surface area contributed by atoms with E-state index in [9.17, 15) is 13.6 Å². The average Bonchev–Trinajstić information content (AvgIpc) is 2.72. The third kappa shape index (κ3) is 4.82. The van der Waals surface area contributed by atoms with Gasteiger partial charge in [-0.3, -0.25) is 0 Å². The number of halogens is 2. The molecule has 1 aromatic heterocycles. The van der Waals surface area contributed by atoms with E-state index in [2.05, 4.69) is 4.98 Å². The van der Waals surface area contributed by atoms with Gasteiger partial charge < -0.3 is 4.74 Å². The Hall–Kier alpha value is -0.950. The molecule has 0 unspecified atom stereocenters. The highest BCUT2D eigenvalue weighted by atomic mass is 32.2. The van der Waals surface area contributed by atoms with Crippen LogP contribution in [-0.4, -0.2) is 23.3 Å². The number of aromatic nitrogens is 1. The summed E-state index contributed by atoms with van der Waals surface area (Å²) < 4.78 is 29.1. The van der Waals surface area contributed by atoms with Gasteiger partial charge in [-0.25, -0.2) is 9.78 Å². The summed E-state index contributed by atoms with van der Waals surface area (Å²) in [6, 6.07) is 0. The summed E-state index contributed by atoms with van der Waals surface area (Å²) in [5.74, 6) is 0.00910. The average molecular weight is 279 g/mol. The molecule has 1 heterocycles. The molecule has 0 aliphatic carbocycles. The monoisotopic (exact) mass is 279 g/mol. The van der Waals surface area contributed by atoms with Crippen LogP contribution in [0.25, 0.3) is 0 Å². The van der Waals surface area contributed by atoms with E-state index in [1.54, 1.807) is 12.4 Å². The summed E-state index contributed by atoms with van der Waals surface area (Å²) in [7, 11) is 0. The van der Waals surface area contributed by atoms with Crippen LogP contribution in [0.15, 0.2) is 21.9 Å². The summed E-state index contributed by atoms with van der Waals surface area (Å²) in [5, 5.41) is 0. The summed E-state index contributed by atoms with van der Waals surface area (Å²) in [6.07, 6.45) is -0.564. The van der Waals surface area contributed by atoms with Crippen LogP contribution in [0.3, 0.4) is 0 Å². The van der Waals surface area contributed by atoms with E-state index in [0.717, 1.165) is 6.08 Å². The fraction of sp³-hybridized carbons (Fsp3) is 0.400. The Morgan fingerprint density at radius 3 is 3.06 bits per heavy atom. The van der Waals surface area contributed by atoms with Gasteiger partial charge in [-0.1, -0.05) is 0 Å². The van der Waals surface area contributed by atoms with Crippen molar-refractivity contribution in [2.24, 2.45) is 0 Å². The number of thioether (sulfide) groups is 1. The lowest BCUT2D eigenvalue weighted by atomic mass is 10.5. The number of allylic oxidation sites excluding steroid dienone is 1. The van der Waals surface area contributed by atoms with Crippen LogP contribution in [0.4, 0.5) is 8.78 Å². The van der Waals surface area contributed by atoms with Crippen molar-refractivity contribution in [3.63, 3.8) is 0 Å². The van der Waals surface area contributed by atoms with Crippen molar-refractivity contribution < 1.29 is 18.3 Å². The third-order valence-corrected chi connectivity index (χ3v) is 3.81. The highest BCUT2D eigenvalue weighted by molar-refractivity contribution is 8.01. The maximum atomic E-state index is 11.8. The van der Waals surface area contributed by atoms with Gasteiger partial charge in [0, 0.05) is 5.75 Å². The minimum absolute atomic E-state index is 0.257. The van der Waals surface area contributed by atoms with Gasteiger partial charge in [0.15, 0.2) is 5.69 Å². The molecule has 0 aliphatic rings. The number of ether oxygens (including phenoxy) is 1. The van der Waals surface area contributed by atoms with Crippen molar-refractivity contribution in [1.82, 2.24) is 4.98 Å². The first-order valence-corrected chi connectivity index (χ1v) is 6.76. The molecule has 0 spiro atoms. The first-order chi connectivity index (χ1) is 8.15. The zero-order valence-electron chi connectivity index (χ0n) is 9.11. The highest BCUT2D eigenvalue weighted by Crippen LogP contribution is 2.28. The molecule has 0 radical (unpaired) electrons. The molecule has 1 aromatic rings. The van der Waals surface area contributed by atoms with Crippen molar-refractivity contribution in [2.75, 3.05) is 12.4 Å².